The number of hydrogen-bond acceptors (Lipinski definition) is 2. The van der Waals surface area contributed by atoms with E-state index >= 15 is 0 Å². The van der Waals surface area contributed by atoms with Gasteiger partial charge in [-0.15, -0.1) is 0 Å². The van der Waals surface area contributed by atoms with Crippen molar-refractivity contribution in [2.24, 2.45) is 11.7 Å². The molecule has 0 radical (unpaired) electrons. The minimum Gasteiger partial charge on any atom is -0.491 e. The van der Waals surface area contributed by atoms with Crippen molar-refractivity contribution in [2.45, 2.75) is 19.9 Å². The Hall–Kier alpha value is -0.730. The topological polar surface area (TPSA) is 35.2 Å². The Balaban J connectivity index is 2.58. The lowest BCUT2D eigenvalue weighted by Crippen LogP contribution is -2.30. The Morgan fingerprint density at radius 2 is 2.21 bits per heavy atom. The molecule has 1 aliphatic heterocycles. The van der Waals surface area contributed by atoms with Crippen LogP contribution in [-0.2, 0) is 0 Å². The number of hydrogen-bond donors (Lipinski definition) is 1. The number of rotatable bonds is 0. The Morgan fingerprint density at radius 1 is 1.50 bits per heavy atom. The van der Waals surface area contributed by atoms with Crippen LogP contribution in [0.1, 0.15) is 24.1 Å². The maximum absolute atomic E-state index is 6.12. The molecule has 1 aromatic rings. The van der Waals surface area contributed by atoms with Crippen molar-refractivity contribution in [1.82, 2.24) is 0 Å². The molecule has 0 aliphatic carbocycles. The van der Waals surface area contributed by atoms with Gasteiger partial charge in [-0.2, -0.15) is 0 Å². The molecule has 1 aliphatic rings. The molecule has 0 spiro atoms. The lowest BCUT2D eigenvalue weighted by molar-refractivity contribution is 0.207. The molecule has 76 valence electrons. The fourth-order valence-electron chi connectivity index (χ4n) is 1.84. The first-order valence-corrected chi connectivity index (χ1v) is 5.16. The molecule has 0 saturated heterocycles. The normalized spacial score (nSPS) is 25.4. The van der Waals surface area contributed by atoms with Gasteiger partial charge in [-0.1, -0.05) is 24.6 Å². The Bertz CT molecular complexity index is 365. The predicted octanol–water partition coefficient (Wildman–Crippen LogP) is 2.68. The number of nitrogens with two attached hydrogens (primary N) is 1. The van der Waals surface area contributed by atoms with Crippen LogP contribution in [0.5, 0.6) is 5.75 Å². The zero-order valence-corrected chi connectivity index (χ0v) is 9.14. The summed E-state index contributed by atoms with van der Waals surface area (Å²) in [7, 11) is 0. The van der Waals surface area contributed by atoms with Gasteiger partial charge in [0, 0.05) is 17.5 Å². The van der Waals surface area contributed by atoms with Gasteiger partial charge >= 0.3 is 0 Å². The zero-order chi connectivity index (χ0) is 10.3. The molecular weight excluding hydrogens is 198 g/mol. The summed E-state index contributed by atoms with van der Waals surface area (Å²) in [4.78, 5) is 0. The highest BCUT2D eigenvalue weighted by Crippen LogP contribution is 2.40. The van der Waals surface area contributed by atoms with Gasteiger partial charge in [-0.25, -0.2) is 0 Å². The van der Waals surface area contributed by atoms with E-state index in [4.69, 9.17) is 22.1 Å². The molecule has 3 heteroatoms. The highest BCUT2D eigenvalue weighted by Gasteiger charge is 2.27. The average Bonchev–Trinajstić information content (AvgIpc) is 2.16. The zero-order valence-electron chi connectivity index (χ0n) is 8.38. The lowest BCUT2D eigenvalue weighted by Gasteiger charge is -2.30. The number of benzene rings is 1. The average molecular weight is 212 g/mol. The van der Waals surface area contributed by atoms with Crippen molar-refractivity contribution in [3.05, 3.63) is 28.3 Å². The molecule has 0 fully saturated rings. The Labute approximate surface area is 89.0 Å². The van der Waals surface area contributed by atoms with Crippen LogP contribution < -0.4 is 10.5 Å². The van der Waals surface area contributed by atoms with E-state index in [1.54, 1.807) is 0 Å². The second-order valence-corrected chi connectivity index (χ2v) is 4.33. The molecule has 2 atom stereocenters. The van der Waals surface area contributed by atoms with Crippen LogP contribution in [0.25, 0.3) is 0 Å². The molecule has 14 heavy (non-hydrogen) atoms. The van der Waals surface area contributed by atoms with Crippen LogP contribution in [0.4, 0.5) is 0 Å². The molecule has 2 nitrogen and oxygen atoms in total. The summed E-state index contributed by atoms with van der Waals surface area (Å²) in [6, 6.07) is 3.89. The third-order valence-electron chi connectivity index (χ3n) is 2.80. The van der Waals surface area contributed by atoms with Crippen LogP contribution >= 0.6 is 11.6 Å². The number of aryl methyl sites for hydroxylation is 1. The van der Waals surface area contributed by atoms with Crippen LogP contribution in [0.3, 0.4) is 0 Å². The molecule has 1 aromatic carbocycles. The molecule has 0 bridgehead atoms. The number of ether oxygens (including phenoxy) is 1. The summed E-state index contributed by atoms with van der Waals surface area (Å²) in [6.45, 7) is 4.78. The smallest absolute Gasteiger partial charge is 0.142 e. The molecule has 0 aromatic heterocycles. The van der Waals surface area contributed by atoms with Crippen molar-refractivity contribution in [3.8, 4) is 5.75 Å². The largest absolute Gasteiger partial charge is 0.491 e. The van der Waals surface area contributed by atoms with Gasteiger partial charge < -0.3 is 10.5 Å². The first-order chi connectivity index (χ1) is 6.61. The maximum Gasteiger partial charge on any atom is 0.142 e. The minimum atomic E-state index is 0.0393. The summed E-state index contributed by atoms with van der Waals surface area (Å²) in [5, 5.41) is 0.660. The van der Waals surface area contributed by atoms with Gasteiger partial charge in [0.1, 0.15) is 5.75 Å². The first kappa shape index (κ1) is 9.81. The Morgan fingerprint density at radius 3 is 2.93 bits per heavy atom. The Kier molecular flexibility index (Phi) is 2.41. The molecule has 1 heterocycles. The molecule has 2 rings (SSSR count). The van der Waals surface area contributed by atoms with E-state index in [1.807, 2.05) is 19.1 Å². The first-order valence-electron chi connectivity index (χ1n) is 4.78. The van der Waals surface area contributed by atoms with Gasteiger partial charge in [-0.05, 0) is 18.6 Å². The third kappa shape index (κ3) is 1.39. The van der Waals surface area contributed by atoms with Crippen LogP contribution in [-0.4, -0.2) is 6.61 Å². The van der Waals surface area contributed by atoms with Crippen molar-refractivity contribution in [3.63, 3.8) is 0 Å². The quantitative estimate of drug-likeness (QED) is 0.716. The van der Waals surface area contributed by atoms with Crippen LogP contribution in [0.2, 0.25) is 5.02 Å². The molecule has 0 amide bonds. The van der Waals surface area contributed by atoms with Gasteiger partial charge in [0.05, 0.1) is 11.6 Å². The van der Waals surface area contributed by atoms with Gasteiger partial charge in [0.2, 0.25) is 0 Å². The maximum atomic E-state index is 6.12. The van der Waals surface area contributed by atoms with Gasteiger partial charge in [-0.3, -0.25) is 0 Å². The van der Waals surface area contributed by atoms with Crippen molar-refractivity contribution < 1.29 is 4.74 Å². The van der Waals surface area contributed by atoms with Crippen molar-refractivity contribution in [2.75, 3.05) is 6.61 Å². The summed E-state index contributed by atoms with van der Waals surface area (Å²) < 4.78 is 5.61. The van der Waals surface area contributed by atoms with E-state index in [1.165, 1.54) is 0 Å². The fourth-order valence-corrected chi connectivity index (χ4v) is 2.05. The SMILES string of the molecule is Cc1ccc(Cl)c2c1C(N)C(C)CO2. The molecular formula is C11H14ClNO. The monoisotopic (exact) mass is 211 g/mol. The summed E-state index contributed by atoms with van der Waals surface area (Å²) >= 11 is 6.05. The summed E-state index contributed by atoms with van der Waals surface area (Å²) in [5.74, 6) is 1.12. The standard InChI is InChI=1S/C11H14ClNO/c1-6-3-4-8(12)11-9(6)10(13)7(2)5-14-11/h3-4,7,10H,5,13H2,1-2H3. The minimum absolute atomic E-state index is 0.0393. The van der Waals surface area contributed by atoms with E-state index in [-0.39, 0.29) is 6.04 Å². The highest BCUT2D eigenvalue weighted by molar-refractivity contribution is 6.32. The van der Waals surface area contributed by atoms with Crippen molar-refractivity contribution in [1.29, 1.82) is 0 Å². The second kappa shape index (κ2) is 3.44. The lowest BCUT2D eigenvalue weighted by atomic mass is 9.90. The van der Waals surface area contributed by atoms with Gasteiger partial charge in [0.25, 0.3) is 0 Å². The number of fused-ring (bicyclic) bond motifs is 1. The van der Waals surface area contributed by atoms with E-state index in [2.05, 4.69) is 6.92 Å². The summed E-state index contributed by atoms with van der Waals surface area (Å²) in [6.07, 6.45) is 0. The molecule has 2 unspecified atom stereocenters. The van der Waals surface area contributed by atoms with E-state index in [0.29, 0.717) is 17.5 Å². The van der Waals surface area contributed by atoms with Gasteiger partial charge in [0.15, 0.2) is 0 Å². The molecule has 2 N–H and O–H groups in total. The van der Waals surface area contributed by atoms with E-state index in [9.17, 15) is 0 Å². The van der Waals surface area contributed by atoms with Crippen molar-refractivity contribution >= 4 is 11.6 Å². The van der Waals surface area contributed by atoms with E-state index < -0.39 is 0 Å². The predicted molar refractivity (Wildman–Crippen MR) is 57.8 cm³/mol. The fraction of sp³-hybridized carbons (Fsp3) is 0.455. The summed E-state index contributed by atoms with van der Waals surface area (Å²) in [5.41, 5.74) is 8.34. The third-order valence-corrected chi connectivity index (χ3v) is 3.10. The molecule has 0 saturated carbocycles. The van der Waals surface area contributed by atoms with E-state index in [0.717, 1.165) is 16.9 Å². The van der Waals surface area contributed by atoms with Crippen LogP contribution in [0.15, 0.2) is 12.1 Å². The highest BCUT2D eigenvalue weighted by atomic mass is 35.5. The number of halogens is 1. The van der Waals surface area contributed by atoms with Crippen LogP contribution in [0, 0.1) is 12.8 Å². The second-order valence-electron chi connectivity index (χ2n) is 3.92.